The van der Waals surface area contributed by atoms with Gasteiger partial charge in [-0.05, 0) is 50.9 Å². The Labute approximate surface area is 119 Å². The highest BCUT2D eigenvalue weighted by atomic mass is 19.1. The molecule has 1 aromatic carbocycles. The van der Waals surface area contributed by atoms with Crippen molar-refractivity contribution in [1.82, 2.24) is 4.90 Å². The van der Waals surface area contributed by atoms with E-state index in [-0.39, 0.29) is 11.6 Å². The summed E-state index contributed by atoms with van der Waals surface area (Å²) in [4.78, 5) is 16.0. The van der Waals surface area contributed by atoms with Crippen LogP contribution in [0.15, 0.2) is 18.2 Å². The van der Waals surface area contributed by atoms with Gasteiger partial charge in [-0.2, -0.15) is 0 Å². The number of anilines is 1. The molecule has 4 heteroatoms. The van der Waals surface area contributed by atoms with Crippen LogP contribution in [0.4, 0.5) is 10.1 Å². The highest BCUT2D eigenvalue weighted by Crippen LogP contribution is 2.27. The molecule has 2 fully saturated rings. The molecular weight excluding hydrogens is 255 g/mol. The summed E-state index contributed by atoms with van der Waals surface area (Å²) < 4.78 is 14.3. The molecule has 1 atom stereocenters. The van der Waals surface area contributed by atoms with Gasteiger partial charge < -0.3 is 4.90 Å². The Bertz CT molecular complexity index is 517. The van der Waals surface area contributed by atoms with Gasteiger partial charge >= 0.3 is 0 Å². The van der Waals surface area contributed by atoms with E-state index in [1.165, 1.54) is 32.4 Å². The molecular formula is C16H21FN2O. The van der Waals surface area contributed by atoms with E-state index < -0.39 is 0 Å². The van der Waals surface area contributed by atoms with Gasteiger partial charge in [0.2, 0.25) is 0 Å². The minimum absolute atomic E-state index is 0.0896. The standard InChI is InChI=1S/C16H21FN2O/c1-12(20)13-5-6-16(15(17)10-13)19-9-3-8-18-7-2-4-14(18)11-19/h5-6,10,14H,2-4,7-9,11H2,1H3. The Morgan fingerprint density at radius 1 is 1.25 bits per heavy atom. The van der Waals surface area contributed by atoms with Crippen LogP contribution in [0.5, 0.6) is 0 Å². The van der Waals surface area contributed by atoms with Crippen LogP contribution in [0.25, 0.3) is 0 Å². The van der Waals surface area contributed by atoms with Crippen molar-refractivity contribution in [3.63, 3.8) is 0 Å². The average molecular weight is 276 g/mol. The summed E-state index contributed by atoms with van der Waals surface area (Å²) in [7, 11) is 0. The van der Waals surface area contributed by atoms with Crippen molar-refractivity contribution in [2.75, 3.05) is 31.1 Å². The zero-order chi connectivity index (χ0) is 14.1. The number of rotatable bonds is 2. The lowest BCUT2D eigenvalue weighted by Crippen LogP contribution is -2.37. The van der Waals surface area contributed by atoms with Crippen LogP contribution in [0, 0.1) is 5.82 Å². The molecule has 0 bridgehead atoms. The van der Waals surface area contributed by atoms with Crippen LogP contribution in [0.2, 0.25) is 0 Å². The van der Waals surface area contributed by atoms with Crippen LogP contribution in [0.3, 0.4) is 0 Å². The fraction of sp³-hybridized carbons (Fsp3) is 0.562. The zero-order valence-electron chi connectivity index (χ0n) is 11.9. The minimum atomic E-state index is -0.274. The van der Waals surface area contributed by atoms with Crippen LogP contribution in [-0.4, -0.2) is 42.9 Å². The van der Waals surface area contributed by atoms with Crippen LogP contribution in [-0.2, 0) is 0 Å². The quantitative estimate of drug-likeness (QED) is 0.776. The molecule has 2 aliphatic heterocycles. The maximum absolute atomic E-state index is 14.3. The number of halogens is 1. The van der Waals surface area contributed by atoms with Crippen molar-refractivity contribution in [2.24, 2.45) is 0 Å². The fourth-order valence-electron chi connectivity index (χ4n) is 3.41. The van der Waals surface area contributed by atoms with Gasteiger partial charge in [0, 0.05) is 31.2 Å². The van der Waals surface area contributed by atoms with E-state index in [9.17, 15) is 9.18 Å². The molecule has 0 saturated carbocycles. The molecule has 2 saturated heterocycles. The molecule has 1 unspecified atom stereocenters. The van der Waals surface area contributed by atoms with Gasteiger partial charge in [-0.3, -0.25) is 9.69 Å². The third-order valence-electron chi connectivity index (χ3n) is 4.50. The van der Waals surface area contributed by atoms with Crippen molar-refractivity contribution in [2.45, 2.75) is 32.2 Å². The van der Waals surface area contributed by atoms with Crippen LogP contribution < -0.4 is 4.90 Å². The molecule has 3 nitrogen and oxygen atoms in total. The molecule has 108 valence electrons. The SMILES string of the molecule is CC(=O)c1ccc(N2CCCN3CCCC3C2)c(F)c1. The number of benzene rings is 1. The number of hydrogen-bond donors (Lipinski definition) is 0. The van der Waals surface area contributed by atoms with Gasteiger partial charge in [0.05, 0.1) is 5.69 Å². The topological polar surface area (TPSA) is 23.6 Å². The Morgan fingerprint density at radius 3 is 2.80 bits per heavy atom. The lowest BCUT2D eigenvalue weighted by atomic mass is 10.1. The van der Waals surface area contributed by atoms with Gasteiger partial charge in [0.15, 0.2) is 5.78 Å². The van der Waals surface area contributed by atoms with Gasteiger partial charge in [-0.25, -0.2) is 4.39 Å². The summed E-state index contributed by atoms with van der Waals surface area (Å²) in [6, 6.07) is 5.42. The molecule has 0 aromatic heterocycles. The predicted octanol–water partition coefficient (Wildman–Crippen LogP) is 2.70. The van der Waals surface area contributed by atoms with Crippen molar-refractivity contribution in [1.29, 1.82) is 0 Å². The van der Waals surface area contributed by atoms with Gasteiger partial charge in [0.1, 0.15) is 5.82 Å². The molecule has 2 aliphatic rings. The Morgan fingerprint density at radius 2 is 2.05 bits per heavy atom. The molecule has 20 heavy (non-hydrogen) atoms. The smallest absolute Gasteiger partial charge is 0.159 e. The monoisotopic (exact) mass is 276 g/mol. The summed E-state index contributed by atoms with van der Waals surface area (Å²) in [5.74, 6) is -0.363. The van der Waals surface area contributed by atoms with E-state index in [0.717, 1.165) is 26.1 Å². The molecule has 0 radical (unpaired) electrons. The molecule has 0 aliphatic carbocycles. The average Bonchev–Trinajstić information content (AvgIpc) is 2.76. The van der Waals surface area contributed by atoms with Gasteiger partial charge in [0.25, 0.3) is 0 Å². The number of fused-ring (bicyclic) bond motifs is 1. The number of ketones is 1. The highest BCUT2D eigenvalue weighted by Gasteiger charge is 2.29. The molecule has 3 rings (SSSR count). The Hall–Kier alpha value is -1.42. The Kier molecular flexibility index (Phi) is 3.74. The lowest BCUT2D eigenvalue weighted by Gasteiger charge is -2.27. The number of carbonyl (C=O) groups excluding carboxylic acids is 1. The third-order valence-corrected chi connectivity index (χ3v) is 4.50. The van der Waals surface area contributed by atoms with Gasteiger partial charge in [-0.15, -0.1) is 0 Å². The van der Waals surface area contributed by atoms with Crippen molar-refractivity contribution < 1.29 is 9.18 Å². The zero-order valence-corrected chi connectivity index (χ0v) is 11.9. The third kappa shape index (κ3) is 2.57. The predicted molar refractivity (Wildman–Crippen MR) is 77.8 cm³/mol. The van der Waals surface area contributed by atoms with E-state index in [0.29, 0.717) is 17.3 Å². The summed E-state index contributed by atoms with van der Waals surface area (Å²) in [5.41, 5.74) is 1.09. The largest absolute Gasteiger partial charge is 0.368 e. The fourth-order valence-corrected chi connectivity index (χ4v) is 3.41. The van der Waals surface area contributed by atoms with Crippen molar-refractivity contribution in [3.05, 3.63) is 29.6 Å². The lowest BCUT2D eigenvalue weighted by molar-refractivity contribution is 0.101. The summed E-state index contributed by atoms with van der Waals surface area (Å²) in [5, 5.41) is 0. The number of Topliss-reactive ketones (excluding diaryl/α,β-unsaturated/α-hetero) is 1. The maximum atomic E-state index is 14.3. The second-order valence-electron chi connectivity index (χ2n) is 5.85. The summed E-state index contributed by atoms with van der Waals surface area (Å²) >= 11 is 0. The van der Waals surface area contributed by atoms with E-state index in [1.807, 2.05) is 0 Å². The highest BCUT2D eigenvalue weighted by molar-refractivity contribution is 5.94. The number of nitrogens with zero attached hydrogens (tertiary/aromatic N) is 2. The Balaban J connectivity index is 1.82. The summed E-state index contributed by atoms with van der Waals surface area (Å²) in [6.07, 6.45) is 3.54. The first-order chi connectivity index (χ1) is 9.65. The summed E-state index contributed by atoms with van der Waals surface area (Å²) in [6.45, 7) is 5.56. The van der Waals surface area contributed by atoms with Gasteiger partial charge in [-0.1, -0.05) is 0 Å². The molecule has 2 heterocycles. The first-order valence-electron chi connectivity index (χ1n) is 7.44. The van der Waals surface area contributed by atoms with E-state index in [2.05, 4.69) is 9.80 Å². The molecule has 0 N–H and O–H groups in total. The number of hydrogen-bond acceptors (Lipinski definition) is 3. The van der Waals surface area contributed by atoms with E-state index >= 15 is 0 Å². The molecule has 0 spiro atoms. The van der Waals surface area contributed by atoms with E-state index in [1.54, 1.807) is 12.1 Å². The molecule has 0 amide bonds. The number of carbonyl (C=O) groups is 1. The first kappa shape index (κ1) is 13.6. The van der Waals surface area contributed by atoms with Crippen LogP contribution >= 0.6 is 0 Å². The van der Waals surface area contributed by atoms with E-state index in [4.69, 9.17) is 0 Å². The van der Waals surface area contributed by atoms with Crippen molar-refractivity contribution in [3.8, 4) is 0 Å². The van der Waals surface area contributed by atoms with Crippen LogP contribution in [0.1, 0.15) is 36.5 Å². The van der Waals surface area contributed by atoms with Crippen molar-refractivity contribution >= 4 is 11.5 Å². The molecule has 1 aromatic rings. The second kappa shape index (κ2) is 5.52. The normalized spacial score (nSPS) is 23.5. The minimum Gasteiger partial charge on any atom is -0.368 e. The maximum Gasteiger partial charge on any atom is 0.159 e. The first-order valence-corrected chi connectivity index (χ1v) is 7.44. The second-order valence-corrected chi connectivity index (χ2v) is 5.85.